The number of methoxy groups -OCH3 is 1. The molecule has 0 aliphatic carbocycles. The third-order valence-electron chi connectivity index (χ3n) is 0.970. The number of hydrogen-bond donors (Lipinski definition) is 2. The van der Waals surface area contributed by atoms with Crippen molar-refractivity contribution in [3.05, 3.63) is 0 Å². The zero-order valence-corrected chi connectivity index (χ0v) is 5.34. The Kier molecular flexibility index (Phi) is 2.47. The normalized spacial score (nSPS) is 17.5. The maximum atomic E-state index is 11.6. The van der Waals surface area contributed by atoms with Gasteiger partial charge in [-0.3, -0.25) is 0 Å². The molecule has 0 spiro atoms. The molecule has 0 rings (SSSR count). The number of aliphatic hydroxyl groups is 1. The van der Waals surface area contributed by atoms with Gasteiger partial charge in [0, 0.05) is 7.11 Å². The van der Waals surface area contributed by atoms with Crippen molar-refractivity contribution in [1.82, 2.24) is 0 Å². The van der Waals surface area contributed by atoms with Crippen molar-refractivity contribution in [2.45, 2.75) is 12.0 Å². The fraction of sp³-hybridized carbons (Fsp3) is 0.750. The third kappa shape index (κ3) is 1.60. The number of rotatable bonds is 2. The van der Waals surface area contributed by atoms with Crippen LogP contribution in [0.15, 0.2) is 0 Å². The lowest BCUT2D eigenvalue weighted by Crippen LogP contribution is -2.53. The van der Waals surface area contributed by atoms with E-state index in [4.69, 9.17) is 10.2 Å². The summed E-state index contributed by atoms with van der Waals surface area (Å²) in [5, 5.41) is 16.2. The van der Waals surface area contributed by atoms with Crippen LogP contribution in [0, 0.1) is 0 Å². The Morgan fingerprint density at radius 2 is 1.82 bits per heavy atom. The number of aliphatic carboxylic acids is 1. The average molecular weight is 174 g/mol. The highest BCUT2D eigenvalue weighted by Crippen LogP contribution is 2.30. The molecule has 0 aliphatic heterocycles. The van der Waals surface area contributed by atoms with Crippen molar-refractivity contribution < 1.29 is 32.9 Å². The van der Waals surface area contributed by atoms with E-state index in [0.717, 1.165) is 0 Å². The standard InChI is InChI=1S/C4H5F3O4/c1-11-3(10,2(8)9)4(5,6)7/h10H,1H3,(H,8,9)/t3-/m1/s1. The van der Waals surface area contributed by atoms with Crippen molar-refractivity contribution >= 4 is 5.97 Å². The van der Waals surface area contributed by atoms with Crippen LogP contribution < -0.4 is 0 Å². The molecule has 0 unspecified atom stereocenters. The van der Waals surface area contributed by atoms with Crippen molar-refractivity contribution in [3.63, 3.8) is 0 Å². The number of hydrogen-bond acceptors (Lipinski definition) is 3. The number of carboxylic acids is 1. The summed E-state index contributed by atoms with van der Waals surface area (Å²) in [5.74, 6) is -6.60. The zero-order valence-electron chi connectivity index (χ0n) is 5.34. The number of carbonyl (C=O) groups is 1. The summed E-state index contributed by atoms with van der Waals surface area (Å²) in [6, 6.07) is 0. The number of halogens is 3. The minimum Gasteiger partial charge on any atom is -0.477 e. The molecule has 1 atom stereocenters. The summed E-state index contributed by atoms with van der Waals surface area (Å²) in [4.78, 5) is 9.80. The highest BCUT2D eigenvalue weighted by molar-refractivity contribution is 5.76. The molecule has 4 nitrogen and oxygen atoms in total. The molecule has 7 heteroatoms. The molecule has 0 saturated heterocycles. The minimum absolute atomic E-state index is 0.446. The quantitative estimate of drug-likeness (QED) is 0.577. The van der Waals surface area contributed by atoms with E-state index in [-0.39, 0.29) is 0 Å². The summed E-state index contributed by atoms with van der Waals surface area (Å²) in [6.45, 7) is 0. The second-order valence-electron chi connectivity index (χ2n) is 1.65. The Hall–Kier alpha value is -0.820. The topological polar surface area (TPSA) is 66.8 Å². The van der Waals surface area contributed by atoms with E-state index < -0.39 is 17.9 Å². The van der Waals surface area contributed by atoms with Crippen LogP contribution in [0.2, 0.25) is 0 Å². The Balaban J connectivity index is 4.75. The van der Waals surface area contributed by atoms with Gasteiger partial charge in [-0.15, -0.1) is 0 Å². The van der Waals surface area contributed by atoms with Gasteiger partial charge in [0.15, 0.2) is 0 Å². The maximum Gasteiger partial charge on any atom is 0.455 e. The summed E-state index contributed by atoms with van der Waals surface area (Å²) in [5.41, 5.74) is 0. The van der Waals surface area contributed by atoms with Crippen LogP contribution >= 0.6 is 0 Å². The predicted molar refractivity (Wildman–Crippen MR) is 25.6 cm³/mol. The maximum absolute atomic E-state index is 11.6. The second-order valence-corrected chi connectivity index (χ2v) is 1.65. The molecule has 0 radical (unpaired) electrons. The van der Waals surface area contributed by atoms with Crippen LogP contribution in [-0.4, -0.2) is 35.3 Å². The van der Waals surface area contributed by atoms with Gasteiger partial charge >= 0.3 is 17.9 Å². The molecule has 0 bridgehead atoms. The van der Waals surface area contributed by atoms with Crippen LogP contribution in [0.3, 0.4) is 0 Å². The molecule has 0 aromatic carbocycles. The zero-order chi connectivity index (χ0) is 9.28. The third-order valence-corrected chi connectivity index (χ3v) is 0.970. The second kappa shape index (κ2) is 2.67. The Morgan fingerprint density at radius 3 is 1.82 bits per heavy atom. The van der Waals surface area contributed by atoms with Crippen molar-refractivity contribution in [2.75, 3.05) is 7.11 Å². The van der Waals surface area contributed by atoms with Gasteiger partial charge in [0.1, 0.15) is 0 Å². The lowest BCUT2D eigenvalue weighted by molar-refractivity contribution is -0.344. The van der Waals surface area contributed by atoms with E-state index in [1.165, 1.54) is 0 Å². The summed E-state index contributed by atoms with van der Waals surface area (Å²) < 4.78 is 38.2. The van der Waals surface area contributed by atoms with Gasteiger partial charge in [0.05, 0.1) is 0 Å². The largest absolute Gasteiger partial charge is 0.477 e. The summed E-state index contributed by atoms with van der Waals surface area (Å²) >= 11 is 0. The highest BCUT2D eigenvalue weighted by atomic mass is 19.4. The fourth-order valence-corrected chi connectivity index (χ4v) is 0.324. The van der Waals surface area contributed by atoms with Crippen molar-refractivity contribution in [3.8, 4) is 0 Å². The molecule has 0 aromatic heterocycles. The van der Waals surface area contributed by atoms with Crippen LogP contribution in [0.1, 0.15) is 0 Å². The first kappa shape index (κ1) is 10.2. The molecule has 2 N–H and O–H groups in total. The number of ether oxygens (including phenoxy) is 1. The molecule has 0 aromatic rings. The minimum atomic E-state index is -5.34. The van der Waals surface area contributed by atoms with Gasteiger partial charge in [-0.05, 0) is 0 Å². The van der Waals surface area contributed by atoms with Crippen LogP contribution in [0.5, 0.6) is 0 Å². The lowest BCUT2D eigenvalue weighted by Gasteiger charge is -2.23. The van der Waals surface area contributed by atoms with E-state index in [1.54, 1.807) is 0 Å². The average Bonchev–Trinajstić information content (AvgIpc) is 1.83. The smallest absolute Gasteiger partial charge is 0.455 e. The van der Waals surface area contributed by atoms with E-state index in [2.05, 4.69) is 4.74 Å². The molecule has 0 heterocycles. The molecule has 0 fully saturated rings. The lowest BCUT2D eigenvalue weighted by atomic mass is 10.3. The van der Waals surface area contributed by atoms with Gasteiger partial charge in [-0.25, -0.2) is 4.79 Å². The molecule has 0 amide bonds. The van der Waals surface area contributed by atoms with Gasteiger partial charge in [-0.2, -0.15) is 13.2 Å². The van der Waals surface area contributed by atoms with E-state index in [0.29, 0.717) is 7.11 Å². The predicted octanol–water partition coefficient (Wildman–Crippen LogP) is -0.0317. The first-order chi connectivity index (χ1) is 4.75. The Morgan fingerprint density at radius 1 is 1.45 bits per heavy atom. The molecule has 0 saturated carbocycles. The van der Waals surface area contributed by atoms with Gasteiger partial charge in [0.25, 0.3) is 0 Å². The summed E-state index contributed by atoms with van der Waals surface area (Å²) in [6.07, 6.45) is -5.34. The monoisotopic (exact) mass is 174 g/mol. The van der Waals surface area contributed by atoms with Gasteiger partial charge in [0.2, 0.25) is 0 Å². The van der Waals surface area contributed by atoms with Gasteiger partial charge < -0.3 is 14.9 Å². The number of carboxylic acid groups (broad SMARTS) is 1. The van der Waals surface area contributed by atoms with Gasteiger partial charge in [-0.1, -0.05) is 0 Å². The molecular formula is C4H5F3O4. The first-order valence-corrected chi connectivity index (χ1v) is 2.33. The SMILES string of the molecule is CO[C@](O)(C(=O)O)C(F)(F)F. The Bertz CT molecular complexity index is 165. The summed E-state index contributed by atoms with van der Waals surface area (Å²) in [7, 11) is 0.446. The first-order valence-electron chi connectivity index (χ1n) is 2.33. The van der Waals surface area contributed by atoms with E-state index in [1.807, 2.05) is 0 Å². The van der Waals surface area contributed by atoms with E-state index in [9.17, 15) is 18.0 Å². The van der Waals surface area contributed by atoms with Crippen LogP contribution in [-0.2, 0) is 9.53 Å². The van der Waals surface area contributed by atoms with E-state index >= 15 is 0 Å². The van der Waals surface area contributed by atoms with Crippen molar-refractivity contribution in [1.29, 1.82) is 0 Å². The molecular weight excluding hydrogens is 169 g/mol. The number of alkyl halides is 3. The Labute approximate surface area is 59.2 Å². The van der Waals surface area contributed by atoms with Crippen LogP contribution in [0.4, 0.5) is 13.2 Å². The molecule has 66 valence electrons. The van der Waals surface area contributed by atoms with Crippen molar-refractivity contribution in [2.24, 2.45) is 0 Å². The molecule has 11 heavy (non-hydrogen) atoms. The van der Waals surface area contributed by atoms with Crippen LogP contribution in [0.25, 0.3) is 0 Å². The highest BCUT2D eigenvalue weighted by Gasteiger charge is 2.61. The molecule has 0 aliphatic rings. The fourth-order valence-electron chi connectivity index (χ4n) is 0.324.